The van der Waals surface area contributed by atoms with Crippen molar-refractivity contribution in [3.05, 3.63) is 24.6 Å². The number of allylic oxidation sites excluding steroid dienone is 2. The zero-order valence-corrected chi connectivity index (χ0v) is 9.81. The van der Waals surface area contributed by atoms with Crippen LogP contribution in [0.15, 0.2) is 24.6 Å². The second-order valence-corrected chi connectivity index (χ2v) is 4.04. The van der Waals surface area contributed by atoms with Crippen LogP contribution in [0.1, 0.15) is 27.2 Å². The van der Waals surface area contributed by atoms with Gasteiger partial charge in [0.05, 0.1) is 0 Å². The van der Waals surface area contributed by atoms with Gasteiger partial charge >= 0.3 is 0 Å². The molecule has 0 N–H and O–H groups in total. The third-order valence-corrected chi connectivity index (χ3v) is 2.69. The minimum atomic E-state index is 1.11. The number of nitrogens with zero attached hydrogens (tertiary/aromatic N) is 1. The SMILES string of the molecule is CC=CN(C=CC)CCSCCC. The Labute approximate surface area is 86.9 Å². The van der Waals surface area contributed by atoms with E-state index in [9.17, 15) is 0 Å². The molecular formula is C11H21NS. The van der Waals surface area contributed by atoms with Gasteiger partial charge in [-0.2, -0.15) is 11.8 Å². The number of thioether (sulfide) groups is 1. The Morgan fingerprint density at radius 3 is 2.15 bits per heavy atom. The predicted molar refractivity (Wildman–Crippen MR) is 64.0 cm³/mol. The number of rotatable bonds is 7. The Balaban J connectivity index is 3.57. The third-order valence-electron chi connectivity index (χ3n) is 1.52. The van der Waals surface area contributed by atoms with E-state index in [2.05, 4.69) is 50.2 Å². The van der Waals surface area contributed by atoms with Gasteiger partial charge in [0.2, 0.25) is 0 Å². The molecule has 0 unspecified atom stereocenters. The van der Waals surface area contributed by atoms with Crippen molar-refractivity contribution in [2.24, 2.45) is 0 Å². The maximum atomic E-state index is 2.22. The molecule has 0 spiro atoms. The van der Waals surface area contributed by atoms with Crippen molar-refractivity contribution < 1.29 is 0 Å². The lowest BCUT2D eigenvalue weighted by Gasteiger charge is -2.14. The van der Waals surface area contributed by atoms with E-state index in [0.29, 0.717) is 0 Å². The van der Waals surface area contributed by atoms with Crippen molar-refractivity contribution in [2.45, 2.75) is 27.2 Å². The van der Waals surface area contributed by atoms with Gasteiger partial charge in [-0.1, -0.05) is 19.1 Å². The van der Waals surface area contributed by atoms with Crippen LogP contribution in [0, 0.1) is 0 Å². The van der Waals surface area contributed by atoms with E-state index in [4.69, 9.17) is 0 Å². The Hall–Kier alpha value is -0.370. The van der Waals surface area contributed by atoms with E-state index < -0.39 is 0 Å². The highest BCUT2D eigenvalue weighted by molar-refractivity contribution is 7.99. The van der Waals surface area contributed by atoms with Crippen LogP contribution in [0.5, 0.6) is 0 Å². The maximum absolute atomic E-state index is 2.22. The fourth-order valence-corrected chi connectivity index (χ4v) is 1.83. The topological polar surface area (TPSA) is 3.24 Å². The molecule has 0 aromatic carbocycles. The van der Waals surface area contributed by atoms with E-state index in [1.54, 1.807) is 0 Å². The third kappa shape index (κ3) is 7.97. The first-order chi connectivity index (χ1) is 6.35. The predicted octanol–water partition coefficient (Wildman–Crippen LogP) is 3.50. The van der Waals surface area contributed by atoms with Crippen LogP contribution >= 0.6 is 11.8 Å². The van der Waals surface area contributed by atoms with E-state index in [1.807, 2.05) is 11.8 Å². The molecule has 0 aromatic heterocycles. The second-order valence-electron chi connectivity index (χ2n) is 2.82. The average Bonchev–Trinajstić information content (AvgIpc) is 2.13. The second kappa shape index (κ2) is 9.72. The molecule has 0 aliphatic heterocycles. The molecule has 0 saturated carbocycles. The normalized spacial score (nSPS) is 11.6. The van der Waals surface area contributed by atoms with Crippen LogP contribution < -0.4 is 0 Å². The van der Waals surface area contributed by atoms with Gasteiger partial charge < -0.3 is 4.90 Å². The van der Waals surface area contributed by atoms with Crippen LogP contribution in [-0.4, -0.2) is 23.0 Å². The molecule has 0 heterocycles. The summed E-state index contributed by atoms with van der Waals surface area (Å²) in [5.74, 6) is 2.49. The molecule has 0 atom stereocenters. The Morgan fingerprint density at radius 1 is 1.08 bits per heavy atom. The molecule has 2 heteroatoms. The van der Waals surface area contributed by atoms with Gasteiger partial charge in [0, 0.05) is 12.3 Å². The molecule has 0 bridgehead atoms. The highest BCUT2D eigenvalue weighted by Crippen LogP contribution is 2.03. The summed E-state index contributed by atoms with van der Waals surface area (Å²) in [4.78, 5) is 2.22. The van der Waals surface area contributed by atoms with Crippen molar-refractivity contribution in [1.29, 1.82) is 0 Å². The summed E-state index contributed by atoms with van der Waals surface area (Å²) >= 11 is 2.02. The minimum absolute atomic E-state index is 1.11. The van der Waals surface area contributed by atoms with Crippen LogP contribution in [0.4, 0.5) is 0 Å². The molecule has 13 heavy (non-hydrogen) atoms. The summed E-state index contributed by atoms with van der Waals surface area (Å²) in [5, 5.41) is 0. The molecule has 0 saturated heterocycles. The van der Waals surface area contributed by atoms with Gasteiger partial charge in [0.1, 0.15) is 0 Å². The molecular weight excluding hydrogens is 178 g/mol. The molecule has 1 nitrogen and oxygen atoms in total. The fourth-order valence-electron chi connectivity index (χ4n) is 0.998. The van der Waals surface area contributed by atoms with Crippen molar-refractivity contribution in [3.8, 4) is 0 Å². The Bertz CT molecular complexity index is 140. The summed E-state index contributed by atoms with van der Waals surface area (Å²) in [6, 6.07) is 0. The van der Waals surface area contributed by atoms with Crippen molar-refractivity contribution >= 4 is 11.8 Å². The van der Waals surface area contributed by atoms with Crippen molar-refractivity contribution in [2.75, 3.05) is 18.1 Å². The summed E-state index contributed by atoms with van der Waals surface area (Å²) < 4.78 is 0. The number of hydrogen-bond acceptors (Lipinski definition) is 2. The Morgan fingerprint density at radius 2 is 1.69 bits per heavy atom. The fraction of sp³-hybridized carbons (Fsp3) is 0.636. The first-order valence-electron chi connectivity index (χ1n) is 4.94. The highest BCUT2D eigenvalue weighted by atomic mass is 32.2. The summed E-state index contributed by atoms with van der Waals surface area (Å²) in [5.41, 5.74) is 0. The largest absolute Gasteiger partial charge is 0.354 e. The van der Waals surface area contributed by atoms with E-state index >= 15 is 0 Å². The van der Waals surface area contributed by atoms with Gasteiger partial charge in [0.25, 0.3) is 0 Å². The molecule has 0 aliphatic rings. The van der Waals surface area contributed by atoms with Crippen molar-refractivity contribution in [1.82, 2.24) is 4.90 Å². The van der Waals surface area contributed by atoms with Gasteiger partial charge in [-0.05, 0) is 38.4 Å². The summed E-state index contributed by atoms with van der Waals surface area (Å²) in [6.45, 7) is 7.44. The van der Waals surface area contributed by atoms with E-state index in [1.165, 1.54) is 17.9 Å². The standard InChI is InChI=1S/C11H21NS/c1-4-7-12(8-5-2)9-11-13-10-6-3/h4-5,7-8H,6,9-11H2,1-3H3. The van der Waals surface area contributed by atoms with Gasteiger partial charge in [-0.3, -0.25) is 0 Å². The van der Waals surface area contributed by atoms with Crippen molar-refractivity contribution in [3.63, 3.8) is 0 Å². The number of hydrogen-bond donors (Lipinski definition) is 0. The van der Waals surface area contributed by atoms with Crippen LogP contribution in [0.3, 0.4) is 0 Å². The molecule has 0 amide bonds. The molecule has 0 fully saturated rings. The highest BCUT2D eigenvalue weighted by Gasteiger charge is 1.92. The summed E-state index contributed by atoms with van der Waals surface area (Å²) in [7, 11) is 0. The minimum Gasteiger partial charge on any atom is -0.354 e. The van der Waals surface area contributed by atoms with E-state index in [0.717, 1.165) is 6.54 Å². The molecule has 0 aliphatic carbocycles. The van der Waals surface area contributed by atoms with Crippen LogP contribution in [-0.2, 0) is 0 Å². The zero-order valence-electron chi connectivity index (χ0n) is 8.99. The zero-order chi connectivity index (χ0) is 9.94. The lowest BCUT2D eigenvalue weighted by Crippen LogP contribution is -2.13. The monoisotopic (exact) mass is 199 g/mol. The molecule has 76 valence electrons. The first kappa shape index (κ1) is 12.6. The first-order valence-corrected chi connectivity index (χ1v) is 6.09. The smallest absolute Gasteiger partial charge is 0.0310 e. The average molecular weight is 199 g/mol. The molecule has 0 radical (unpaired) electrons. The van der Waals surface area contributed by atoms with Gasteiger partial charge in [-0.25, -0.2) is 0 Å². The van der Waals surface area contributed by atoms with E-state index in [-0.39, 0.29) is 0 Å². The Kier molecular flexibility index (Phi) is 9.44. The van der Waals surface area contributed by atoms with Gasteiger partial charge in [-0.15, -0.1) is 0 Å². The quantitative estimate of drug-likeness (QED) is 0.577. The maximum Gasteiger partial charge on any atom is 0.0310 e. The van der Waals surface area contributed by atoms with Crippen LogP contribution in [0.2, 0.25) is 0 Å². The van der Waals surface area contributed by atoms with Crippen LogP contribution in [0.25, 0.3) is 0 Å². The lowest BCUT2D eigenvalue weighted by molar-refractivity contribution is 0.540. The molecule has 0 rings (SSSR count). The molecule has 0 aromatic rings. The summed E-state index contributed by atoms with van der Waals surface area (Å²) in [6.07, 6.45) is 9.66. The lowest BCUT2D eigenvalue weighted by atomic mass is 10.5. The van der Waals surface area contributed by atoms with Gasteiger partial charge in [0.15, 0.2) is 0 Å².